The van der Waals surface area contributed by atoms with Gasteiger partial charge in [0.25, 0.3) is 17.7 Å². The normalized spacial score (nSPS) is 18.6. The van der Waals surface area contributed by atoms with E-state index in [1.165, 1.54) is 13.8 Å². The van der Waals surface area contributed by atoms with Gasteiger partial charge in [-0.1, -0.05) is 29.3 Å². The molecule has 42 heavy (non-hydrogen) atoms. The summed E-state index contributed by atoms with van der Waals surface area (Å²) in [5, 5.41) is 11.0. The van der Waals surface area contributed by atoms with Crippen LogP contribution >= 0.6 is 34.5 Å². The number of piperidine rings is 1. The van der Waals surface area contributed by atoms with Gasteiger partial charge in [-0.15, -0.1) is 11.3 Å². The molecule has 1 aromatic heterocycles. The number of rotatable bonds is 8. The minimum absolute atomic E-state index is 0.0523. The third kappa shape index (κ3) is 6.83. The molecule has 3 N–H and O–H groups in total. The van der Waals surface area contributed by atoms with Crippen LogP contribution in [0.5, 0.6) is 0 Å². The van der Waals surface area contributed by atoms with Crippen molar-refractivity contribution in [2.24, 2.45) is 0 Å². The number of aliphatic hydroxyl groups is 1. The Labute approximate surface area is 251 Å². The van der Waals surface area contributed by atoms with Crippen molar-refractivity contribution in [3.8, 4) is 10.4 Å². The zero-order valence-electron chi connectivity index (χ0n) is 22.0. The first-order valence-electron chi connectivity index (χ1n) is 12.4. The summed E-state index contributed by atoms with van der Waals surface area (Å²) in [6, 6.07) is 2.00. The van der Waals surface area contributed by atoms with E-state index in [1.54, 1.807) is 4.72 Å². The van der Waals surface area contributed by atoms with Crippen LogP contribution in [-0.2, 0) is 10.0 Å². The number of carbonyl (C=O) groups excluding carboxylic acids is 2. The number of thiazole rings is 1. The Kier molecular flexibility index (Phi) is 8.68. The molecular formula is C24H25Cl2F5N4O5S2. The third-order valence-electron chi connectivity index (χ3n) is 6.69. The Balaban J connectivity index is 1.73. The zero-order valence-corrected chi connectivity index (χ0v) is 25.2. The molecule has 0 unspecified atom stereocenters. The number of hydrogen-bond donors (Lipinski definition) is 3. The molecule has 0 atom stereocenters. The Bertz CT molecular complexity index is 1510. The topological polar surface area (TPSA) is 129 Å². The van der Waals surface area contributed by atoms with Gasteiger partial charge in [-0.2, -0.15) is 17.9 Å². The lowest BCUT2D eigenvalue weighted by atomic mass is 10.1. The SMILES string of the molecule is CC(C)(O)CNC(=O)c1nc(C(=O)N2CCC(F)(F)CC2)c(-c2ccc(S(=O)(=O)NC3(C(F)(F)F)CC3)c(Cl)c2Cl)s1. The highest BCUT2D eigenvalue weighted by molar-refractivity contribution is 7.89. The number of aromatic nitrogens is 1. The Hall–Kier alpha value is -2.11. The van der Waals surface area contributed by atoms with Crippen LogP contribution < -0.4 is 10.0 Å². The summed E-state index contributed by atoms with van der Waals surface area (Å²) in [5.74, 6) is -4.54. The fourth-order valence-electron chi connectivity index (χ4n) is 4.10. The summed E-state index contributed by atoms with van der Waals surface area (Å²) in [6.45, 7) is 2.08. The molecule has 0 spiro atoms. The maximum atomic E-state index is 13.7. The van der Waals surface area contributed by atoms with Crippen LogP contribution in [-0.4, -0.2) is 78.1 Å². The van der Waals surface area contributed by atoms with Crippen LogP contribution in [0.3, 0.4) is 0 Å². The first kappa shape index (κ1) is 32.8. The van der Waals surface area contributed by atoms with Crippen LogP contribution in [0.2, 0.25) is 10.0 Å². The number of carbonyl (C=O) groups is 2. The molecular weight excluding hydrogens is 654 g/mol. The molecule has 2 fully saturated rings. The molecule has 1 aliphatic heterocycles. The second kappa shape index (κ2) is 11.1. The summed E-state index contributed by atoms with van der Waals surface area (Å²) < 4.78 is 95.0. The summed E-state index contributed by atoms with van der Waals surface area (Å²) in [5.41, 5.74) is -4.32. The van der Waals surface area contributed by atoms with Crippen molar-refractivity contribution in [3.63, 3.8) is 0 Å². The van der Waals surface area contributed by atoms with Crippen LogP contribution in [0.1, 0.15) is 59.8 Å². The van der Waals surface area contributed by atoms with E-state index in [-0.39, 0.29) is 40.8 Å². The molecule has 1 aromatic carbocycles. The van der Waals surface area contributed by atoms with E-state index in [2.05, 4.69) is 10.3 Å². The molecule has 232 valence electrons. The van der Waals surface area contributed by atoms with Crippen molar-refractivity contribution < 1.29 is 45.1 Å². The largest absolute Gasteiger partial charge is 0.407 e. The van der Waals surface area contributed by atoms with Gasteiger partial charge in [-0.05, 0) is 32.8 Å². The number of likely N-dealkylation sites (tertiary alicyclic amines) is 1. The highest BCUT2D eigenvalue weighted by atomic mass is 35.5. The molecule has 4 rings (SSSR count). The molecule has 1 aliphatic carbocycles. The highest BCUT2D eigenvalue weighted by Crippen LogP contribution is 2.50. The van der Waals surface area contributed by atoms with Crippen LogP contribution in [0.4, 0.5) is 22.0 Å². The predicted octanol–water partition coefficient (Wildman–Crippen LogP) is 4.86. The number of amides is 2. The number of alkyl halides is 5. The first-order chi connectivity index (χ1) is 19.2. The number of sulfonamides is 1. The zero-order chi connectivity index (χ0) is 31.5. The van der Waals surface area contributed by atoms with Crippen molar-refractivity contribution in [1.82, 2.24) is 19.9 Å². The van der Waals surface area contributed by atoms with Crippen molar-refractivity contribution in [2.75, 3.05) is 19.6 Å². The first-order valence-corrected chi connectivity index (χ1v) is 15.5. The lowest BCUT2D eigenvalue weighted by Gasteiger charge is -2.31. The molecule has 0 radical (unpaired) electrons. The molecule has 2 aliphatic rings. The van der Waals surface area contributed by atoms with E-state index in [0.29, 0.717) is 11.3 Å². The van der Waals surface area contributed by atoms with Crippen molar-refractivity contribution in [2.45, 2.75) is 67.7 Å². The van der Waals surface area contributed by atoms with Crippen LogP contribution in [0.25, 0.3) is 10.4 Å². The van der Waals surface area contributed by atoms with Crippen LogP contribution in [0, 0.1) is 0 Å². The smallest absolute Gasteiger partial charge is 0.389 e. The van der Waals surface area contributed by atoms with Gasteiger partial charge < -0.3 is 15.3 Å². The third-order valence-corrected chi connectivity index (χ3v) is 10.4. The molecule has 1 saturated heterocycles. The van der Waals surface area contributed by atoms with E-state index in [0.717, 1.165) is 17.0 Å². The second-order valence-corrected chi connectivity index (χ2v) is 14.2. The maximum Gasteiger partial charge on any atom is 0.407 e. The van der Waals surface area contributed by atoms with Gasteiger partial charge in [0, 0.05) is 38.0 Å². The molecule has 1 saturated carbocycles. The molecule has 2 aromatic rings. The van der Waals surface area contributed by atoms with Crippen molar-refractivity contribution in [1.29, 1.82) is 0 Å². The monoisotopic (exact) mass is 678 g/mol. The molecule has 2 heterocycles. The number of hydrogen-bond acceptors (Lipinski definition) is 7. The van der Waals surface area contributed by atoms with Gasteiger partial charge in [-0.25, -0.2) is 22.2 Å². The number of halogens is 7. The predicted molar refractivity (Wildman–Crippen MR) is 145 cm³/mol. The maximum absolute atomic E-state index is 13.7. The average molecular weight is 680 g/mol. The molecule has 2 amide bonds. The van der Waals surface area contributed by atoms with Crippen molar-refractivity contribution in [3.05, 3.63) is 32.9 Å². The van der Waals surface area contributed by atoms with Gasteiger partial charge in [0.1, 0.15) is 16.1 Å². The number of nitrogens with zero attached hydrogens (tertiary/aromatic N) is 2. The lowest BCUT2D eigenvalue weighted by molar-refractivity contribution is -0.160. The van der Waals surface area contributed by atoms with Gasteiger partial charge in [0.15, 0.2) is 5.01 Å². The van der Waals surface area contributed by atoms with E-state index in [1.807, 2.05) is 0 Å². The Morgan fingerprint density at radius 3 is 2.21 bits per heavy atom. The fraction of sp³-hybridized carbons (Fsp3) is 0.542. The highest BCUT2D eigenvalue weighted by Gasteiger charge is 2.65. The summed E-state index contributed by atoms with van der Waals surface area (Å²) in [6.07, 6.45) is -6.93. The summed E-state index contributed by atoms with van der Waals surface area (Å²) >= 11 is 13.3. The lowest BCUT2D eigenvalue weighted by Crippen LogP contribution is -2.47. The second-order valence-electron chi connectivity index (χ2n) is 10.8. The van der Waals surface area contributed by atoms with Gasteiger partial charge in [0.05, 0.1) is 20.5 Å². The molecule has 18 heteroatoms. The van der Waals surface area contributed by atoms with E-state index < -0.39 is 85.7 Å². The minimum atomic E-state index is -4.84. The molecule has 0 bridgehead atoms. The fourth-order valence-corrected chi connectivity index (χ4v) is 7.47. The van der Waals surface area contributed by atoms with Crippen LogP contribution in [0.15, 0.2) is 17.0 Å². The minimum Gasteiger partial charge on any atom is -0.389 e. The number of nitrogens with one attached hydrogen (secondary N) is 2. The van der Waals surface area contributed by atoms with Gasteiger partial charge in [-0.3, -0.25) is 9.59 Å². The van der Waals surface area contributed by atoms with E-state index in [9.17, 15) is 45.1 Å². The summed E-state index contributed by atoms with van der Waals surface area (Å²) in [7, 11) is -4.81. The van der Waals surface area contributed by atoms with E-state index >= 15 is 0 Å². The number of benzene rings is 1. The van der Waals surface area contributed by atoms with Gasteiger partial charge >= 0.3 is 6.18 Å². The van der Waals surface area contributed by atoms with Gasteiger partial charge in [0.2, 0.25) is 10.0 Å². The van der Waals surface area contributed by atoms with Crippen molar-refractivity contribution >= 4 is 56.4 Å². The quantitative estimate of drug-likeness (QED) is 0.342. The standard InChI is InChI=1S/C24H25Cl2F5N4O5S2/c1-21(2,38)11-32-18(36)19-33-16(20(37)35-9-7-23(27,28)8-10-35)17(41-19)12-3-4-13(15(26)14(12)25)42(39,40)34-22(5-6-22)24(29,30)31/h3-4,34,38H,5-11H2,1-2H3,(H,32,36). The Morgan fingerprint density at radius 2 is 1.69 bits per heavy atom. The average Bonchev–Trinajstić information content (AvgIpc) is 3.51. The van der Waals surface area contributed by atoms with E-state index in [4.69, 9.17) is 23.2 Å². The summed E-state index contributed by atoms with van der Waals surface area (Å²) in [4.78, 5) is 30.6. The Morgan fingerprint density at radius 1 is 1.10 bits per heavy atom. The molecule has 9 nitrogen and oxygen atoms in total.